The van der Waals surface area contributed by atoms with Crippen molar-refractivity contribution >= 4 is 0 Å². The molecule has 0 saturated heterocycles. The largest absolute Gasteiger partial charge is 0.363 e. The third-order valence-corrected chi connectivity index (χ3v) is 2.05. The van der Waals surface area contributed by atoms with Gasteiger partial charge in [-0.15, -0.1) is 0 Å². The minimum absolute atomic E-state index is 1.01. The van der Waals surface area contributed by atoms with Crippen LogP contribution in [0.3, 0.4) is 0 Å². The maximum atomic E-state index is 3.23. The molecule has 0 amide bonds. The van der Waals surface area contributed by atoms with Gasteiger partial charge < -0.3 is 15.5 Å². The van der Waals surface area contributed by atoms with Crippen LogP contribution in [-0.4, -0.2) is 31.6 Å². The van der Waals surface area contributed by atoms with Gasteiger partial charge in [0.1, 0.15) is 5.82 Å². The second-order valence-electron chi connectivity index (χ2n) is 2.93. The van der Waals surface area contributed by atoms with Crippen LogP contribution in [0.5, 0.6) is 0 Å². The minimum atomic E-state index is 1.01. The number of allylic oxidation sites excluding steroid dienone is 2. The van der Waals surface area contributed by atoms with Crippen LogP contribution in [0.2, 0.25) is 0 Å². The van der Waals surface area contributed by atoms with E-state index in [0.717, 1.165) is 19.6 Å². The molecule has 0 spiro atoms. The second kappa shape index (κ2) is 5.65. The molecule has 1 radical (unpaired) electrons. The van der Waals surface area contributed by atoms with Gasteiger partial charge in [0.2, 0.25) is 0 Å². The van der Waals surface area contributed by atoms with E-state index < -0.39 is 0 Å². The van der Waals surface area contributed by atoms with Crippen molar-refractivity contribution in [3.8, 4) is 0 Å². The summed E-state index contributed by atoms with van der Waals surface area (Å²) in [4.78, 5) is 2.30. The van der Waals surface area contributed by atoms with E-state index in [1.165, 1.54) is 5.82 Å². The van der Waals surface area contributed by atoms with E-state index in [-0.39, 0.29) is 0 Å². The lowest BCUT2D eigenvalue weighted by atomic mass is 10.3. The highest BCUT2D eigenvalue weighted by Gasteiger charge is 2.06. The Morgan fingerprint density at radius 3 is 2.85 bits per heavy atom. The molecule has 2 N–H and O–H groups in total. The predicted octanol–water partition coefficient (Wildman–Crippen LogP) is 0.690. The normalized spacial score (nSPS) is 15.1. The fourth-order valence-corrected chi connectivity index (χ4v) is 1.28. The van der Waals surface area contributed by atoms with Gasteiger partial charge in [-0.1, -0.05) is 12.2 Å². The Bertz CT molecular complexity index is 196. The van der Waals surface area contributed by atoms with Gasteiger partial charge in [-0.05, 0) is 20.0 Å². The Morgan fingerprint density at radius 2 is 2.31 bits per heavy atom. The highest BCUT2D eigenvalue weighted by atomic mass is 15.2. The number of nitrogens with zero attached hydrogens (tertiary/aromatic N) is 1. The average molecular weight is 180 g/mol. The van der Waals surface area contributed by atoms with Gasteiger partial charge >= 0.3 is 0 Å². The van der Waals surface area contributed by atoms with Crippen LogP contribution in [0.4, 0.5) is 0 Å². The molecule has 0 bridgehead atoms. The Hall–Kier alpha value is -0.960. The molecule has 0 saturated carbocycles. The molecule has 3 heteroatoms. The third kappa shape index (κ3) is 3.11. The molecule has 0 unspecified atom stereocenters. The maximum Gasteiger partial charge on any atom is 0.102 e. The summed E-state index contributed by atoms with van der Waals surface area (Å²) in [6.45, 7) is 7.19. The summed E-state index contributed by atoms with van der Waals surface area (Å²) >= 11 is 0. The summed E-state index contributed by atoms with van der Waals surface area (Å²) in [5.41, 5.74) is 0. The molecule has 13 heavy (non-hydrogen) atoms. The van der Waals surface area contributed by atoms with Crippen molar-refractivity contribution in [2.45, 2.75) is 6.92 Å². The minimum Gasteiger partial charge on any atom is -0.363 e. The van der Waals surface area contributed by atoms with Crippen LogP contribution >= 0.6 is 0 Å². The number of likely N-dealkylation sites (N-methyl/N-ethyl adjacent to an activating group) is 2. The average Bonchev–Trinajstić information content (AvgIpc) is 2.21. The molecule has 0 aliphatic carbocycles. The van der Waals surface area contributed by atoms with E-state index >= 15 is 0 Å². The number of hydrogen-bond acceptors (Lipinski definition) is 3. The first-order valence-corrected chi connectivity index (χ1v) is 4.74. The van der Waals surface area contributed by atoms with Crippen LogP contribution in [0.25, 0.3) is 0 Å². The number of rotatable bonds is 5. The molecule has 1 aliphatic rings. The number of hydrogen-bond donors (Lipinski definition) is 2. The van der Waals surface area contributed by atoms with Crippen molar-refractivity contribution in [2.75, 3.05) is 26.7 Å². The topological polar surface area (TPSA) is 27.3 Å². The van der Waals surface area contributed by atoms with Crippen molar-refractivity contribution in [3.63, 3.8) is 0 Å². The van der Waals surface area contributed by atoms with Crippen LogP contribution < -0.4 is 10.6 Å². The van der Waals surface area contributed by atoms with Gasteiger partial charge in [0.15, 0.2) is 0 Å². The first kappa shape index (κ1) is 10.1. The molecule has 0 atom stereocenters. The van der Waals surface area contributed by atoms with Gasteiger partial charge in [-0.25, -0.2) is 0 Å². The van der Waals surface area contributed by atoms with Crippen LogP contribution in [-0.2, 0) is 0 Å². The van der Waals surface area contributed by atoms with Gasteiger partial charge in [-0.3, -0.25) is 0 Å². The van der Waals surface area contributed by atoms with E-state index in [0.29, 0.717) is 0 Å². The van der Waals surface area contributed by atoms with Crippen LogP contribution in [0.1, 0.15) is 6.92 Å². The first-order chi connectivity index (χ1) is 6.38. The standard InChI is InChI=1S/C10H18N3/c1-3-13(9-8-11-2)10-6-4-5-7-12-10/h4-7,11-12H,3,8-9H2,1-2H3. The summed E-state index contributed by atoms with van der Waals surface area (Å²) in [5, 5.41) is 6.37. The van der Waals surface area contributed by atoms with Gasteiger partial charge in [0.25, 0.3) is 0 Å². The lowest BCUT2D eigenvalue weighted by Crippen LogP contribution is -2.35. The van der Waals surface area contributed by atoms with Crippen LogP contribution in [0, 0.1) is 6.54 Å². The zero-order valence-corrected chi connectivity index (χ0v) is 8.38. The molecule has 1 heterocycles. The molecule has 1 aliphatic heterocycles. The zero-order valence-electron chi connectivity index (χ0n) is 8.38. The smallest absolute Gasteiger partial charge is 0.102 e. The molecule has 0 aromatic carbocycles. The summed E-state index contributed by atoms with van der Waals surface area (Å²) in [6.07, 6.45) is 6.14. The van der Waals surface area contributed by atoms with E-state index in [9.17, 15) is 0 Å². The fourth-order valence-electron chi connectivity index (χ4n) is 1.28. The second-order valence-corrected chi connectivity index (χ2v) is 2.93. The molecular weight excluding hydrogens is 162 g/mol. The number of nitrogens with one attached hydrogen (secondary N) is 2. The van der Waals surface area contributed by atoms with Gasteiger partial charge in [0, 0.05) is 19.6 Å². The lowest BCUT2D eigenvalue weighted by molar-refractivity contribution is 0.343. The van der Waals surface area contributed by atoms with Gasteiger partial charge in [-0.2, -0.15) is 0 Å². The van der Waals surface area contributed by atoms with E-state index in [1.54, 1.807) is 0 Å². The third-order valence-electron chi connectivity index (χ3n) is 2.05. The lowest BCUT2D eigenvalue weighted by Gasteiger charge is -2.27. The molecule has 73 valence electrons. The molecule has 0 fully saturated rings. The van der Waals surface area contributed by atoms with E-state index in [1.807, 2.05) is 25.7 Å². The quantitative estimate of drug-likeness (QED) is 0.652. The summed E-state index contributed by atoms with van der Waals surface area (Å²) in [6, 6.07) is 0. The van der Waals surface area contributed by atoms with E-state index in [4.69, 9.17) is 0 Å². The van der Waals surface area contributed by atoms with Crippen molar-refractivity contribution in [2.24, 2.45) is 0 Å². The van der Waals surface area contributed by atoms with Crippen molar-refractivity contribution in [1.29, 1.82) is 0 Å². The van der Waals surface area contributed by atoms with Crippen molar-refractivity contribution in [1.82, 2.24) is 15.5 Å². The highest BCUT2D eigenvalue weighted by Crippen LogP contribution is 2.04. The molecular formula is C10H18N3. The van der Waals surface area contributed by atoms with Crippen molar-refractivity contribution in [3.05, 3.63) is 30.6 Å². The highest BCUT2D eigenvalue weighted by molar-refractivity contribution is 5.19. The SMILES string of the molecule is CCN(CCNC)C1=CC=C[CH]N1. The molecule has 0 aromatic rings. The molecule has 3 nitrogen and oxygen atoms in total. The number of dihydropyridines is 1. The van der Waals surface area contributed by atoms with E-state index in [2.05, 4.69) is 28.5 Å². The zero-order chi connectivity index (χ0) is 9.52. The monoisotopic (exact) mass is 180 g/mol. The summed E-state index contributed by atoms with van der Waals surface area (Å²) in [7, 11) is 1.97. The summed E-state index contributed by atoms with van der Waals surface area (Å²) in [5.74, 6) is 1.18. The Kier molecular flexibility index (Phi) is 4.40. The maximum absolute atomic E-state index is 3.23. The van der Waals surface area contributed by atoms with Crippen molar-refractivity contribution < 1.29 is 0 Å². The molecule has 0 aromatic heterocycles. The Balaban J connectivity index is 2.44. The first-order valence-electron chi connectivity index (χ1n) is 4.74. The Morgan fingerprint density at radius 1 is 1.46 bits per heavy atom. The van der Waals surface area contributed by atoms with Crippen LogP contribution in [0.15, 0.2) is 24.0 Å². The Labute approximate surface area is 80.5 Å². The fraction of sp³-hybridized carbons (Fsp3) is 0.500. The summed E-state index contributed by atoms with van der Waals surface area (Å²) < 4.78 is 0. The predicted molar refractivity (Wildman–Crippen MR) is 55.8 cm³/mol. The van der Waals surface area contributed by atoms with Gasteiger partial charge in [0.05, 0.1) is 6.54 Å². The molecule has 1 rings (SSSR count).